The molecule has 0 heterocycles. The minimum atomic E-state index is -5.27. The van der Waals surface area contributed by atoms with E-state index in [2.05, 4.69) is 6.58 Å². The third-order valence-electron chi connectivity index (χ3n) is 2.03. The van der Waals surface area contributed by atoms with Gasteiger partial charge < -0.3 is 4.74 Å². The standard InChI is InChI=1S/C10H18F3NO3S/c1-8(9(2,3)4)17-7-5-6-14-18(15,16)10(11,12)13/h14H,1,5-7H2,2-4H3. The lowest BCUT2D eigenvalue weighted by Crippen LogP contribution is -2.37. The lowest BCUT2D eigenvalue weighted by molar-refractivity contribution is -0.0448. The summed E-state index contributed by atoms with van der Waals surface area (Å²) in [6.07, 6.45) is 0.129. The fourth-order valence-electron chi connectivity index (χ4n) is 0.772. The number of ether oxygens (including phenoxy) is 1. The van der Waals surface area contributed by atoms with E-state index in [1.807, 2.05) is 20.8 Å². The second-order valence-electron chi connectivity index (χ2n) is 4.72. The highest BCUT2D eigenvalue weighted by atomic mass is 32.2. The Balaban J connectivity index is 3.94. The van der Waals surface area contributed by atoms with Crippen molar-refractivity contribution in [2.24, 2.45) is 5.41 Å². The van der Waals surface area contributed by atoms with Gasteiger partial charge in [-0.15, -0.1) is 0 Å². The molecule has 4 nitrogen and oxygen atoms in total. The van der Waals surface area contributed by atoms with E-state index < -0.39 is 15.5 Å². The van der Waals surface area contributed by atoms with Crippen LogP contribution in [0.1, 0.15) is 27.2 Å². The van der Waals surface area contributed by atoms with Gasteiger partial charge in [-0.2, -0.15) is 13.2 Å². The molecule has 0 aromatic carbocycles. The van der Waals surface area contributed by atoms with Crippen molar-refractivity contribution in [2.45, 2.75) is 32.7 Å². The van der Waals surface area contributed by atoms with Crippen LogP contribution < -0.4 is 4.72 Å². The molecule has 0 aliphatic rings. The molecule has 8 heteroatoms. The van der Waals surface area contributed by atoms with Crippen LogP contribution in [0, 0.1) is 5.41 Å². The minimum absolute atomic E-state index is 0.108. The molecule has 0 amide bonds. The maximum absolute atomic E-state index is 11.9. The van der Waals surface area contributed by atoms with Gasteiger partial charge >= 0.3 is 15.5 Å². The van der Waals surface area contributed by atoms with Crippen LogP contribution >= 0.6 is 0 Å². The van der Waals surface area contributed by atoms with Crippen LogP contribution in [0.15, 0.2) is 12.3 Å². The van der Waals surface area contributed by atoms with Gasteiger partial charge in [0, 0.05) is 12.0 Å². The summed E-state index contributed by atoms with van der Waals surface area (Å²) in [5, 5.41) is 0. The molecule has 1 N–H and O–H groups in total. The lowest BCUT2D eigenvalue weighted by Gasteiger charge is -2.22. The first kappa shape index (κ1) is 17.2. The quantitative estimate of drug-likeness (QED) is 0.603. The third-order valence-corrected chi connectivity index (χ3v) is 3.22. The zero-order chi connectivity index (χ0) is 14.6. The maximum Gasteiger partial charge on any atom is 0.511 e. The molecule has 0 aliphatic carbocycles. The van der Waals surface area contributed by atoms with Gasteiger partial charge in [-0.25, -0.2) is 13.1 Å². The number of allylic oxidation sites excluding steroid dienone is 1. The van der Waals surface area contributed by atoms with Gasteiger partial charge in [0.15, 0.2) is 0 Å². The summed E-state index contributed by atoms with van der Waals surface area (Å²) in [5.74, 6) is 0.501. The molecule has 0 bridgehead atoms. The Morgan fingerprint density at radius 2 is 1.78 bits per heavy atom. The van der Waals surface area contributed by atoms with Crippen LogP contribution in [0.5, 0.6) is 0 Å². The Morgan fingerprint density at radius 3 is 2.17 bits per heavy atom. The summed E-state index contributed by atoms with van der Waals surface area (Å²) < 4.78 is 63.7. The van der Waals surface area contributed by atoms with Crippen molar-refractivity contribution in [2.75, 3.05) is 13.2 Å². The summed E-state index contributed by atoms with van der Waals surface area (Å²) in [5.41, 5.74) is -5.53. The van der Waals surface area contributed by atoms with E-state index in [9.17, 15) is 21.6 Å². The van der Waals surface area contributed by atoms with Gasteiger partial charge in [0.1, 0.15) is 0 Å². The van der Waals surface area contributed by atoms with Crippen molar-refractivity contribution in [3.05, 3.63) is 12.3 Å². The third kappa shape index (κ3) is 5.72. The second kappa shape index (κ2) is 5.92. The highest BCUT2D eigenvalue weighted by molar-refractivity contribution is 7.90. The first-order chi connectivity index (χ1) is 7.88. The SMILES string of the molecule is C=C(OCCCNS(=O)(=O)C(F)(F)F)C(C)(C)C. The van der Waals surface area contributed by atoms with E-state index in [1.165, 1.54) is 4.72 Å². The van der Waals surface area contributed by atoms with E-state index in [0.717, 1.165) is 0 Å². The van der Waals surface area contributed by atoms with Gasteiger partial charge in [-0.1, -0.05) is 27.4 Å². The molecule has 0 radical (unpaired) electrons. The Morgan fingerprint density at radius 1 is 1.28 bits per heavy atom. The van der Waals surface area contributed by atoms with Crippen LogP contribution in [0.3, 0.4) is 0 Å². The van der Waals surface area contributed by atoms with Crippen LogP contribution in [-0.2, 0) is 14.8 Å². The van der Waals surface area contributed by atoms with Crippen LogP contribution in [0.25, 0.3) is 0 Å². The molecular formula is C10H18F3NO3S. The number of hydrogen-bond donors (Lipinski definition) is 1. The van der Waals surface area contributed by atoms with Crippen molar-refractivity contribution >= 4 is 10.0 Å². The van der Waals surface area contributed by atoms with Crippen molar-refractivity contribution in [3.8, 4) is 0 Å². The molecule has 0 rings (SSSR count). The van der Waals surface area contributed by atoms with Gasteiger partial charge in [0.05, 0.1) is 12.4 Å². The smallest absolute Gasteiger partial charge is 0.498 e. The first-order valence-electron chi connectivity index (χ1n) is 5.26. The molecule has 0 aromatic rings. The predicted molar refractivity (Wildman–Crippen MR) is 62.1 cm³/mol. The van der Waals surface area contributed by atoms with Gasteiger partial charge in [0.2, 0.25) is 0 Å². The van der Waals surface area contributed by atoms with Gasteiger partial charge in [-0.05, 0) is 6.42 Å². The summed E-state index contributed by atoms with van der Waals surface area (Å²) in [6, 6.07) is 0. The van der Waals surface area contributed by atoms with Crippen LogP contribution in [0.2, 0.25) is 0 Å². The summed E-state index contributed by atoms with van der Waals surface area (Å²) in [7, 11) is -5.25. The maximum atomic E-state index is 11.9. The van der Waals surface area contributed by atoms with Crippen molar-refractivity contribution in [1.29, 1.82) is 0 Å². The Labute approximate surface area is 105 Å². The molecule has 0 unspecified atom stereocenters. The van der Waals surface area contributed by atoms with E-state index >= 15 is 0 Å². The average Bonchev–Trinajstić information content (AvgIpc) is 2.13. The number of hydrogen-bond acceptors (Lipinski definition) is 3. The molecule has 0 spiro atoms. The number of nitrogens with one attached hydrogen (secondary N) is 1. The molecule has 18 heavy (non-hydrogen) atoms. The van der Waals surface area contributed by atoms with E-state index in [1.54, 1.807) is 0 Å². The number of alkyl halides is 3. The zero-order valence-electron chi connectivity index (χ0n) is 10.6. The lowest BCUT2D eigenvalue weighted by atomic mass is 9.95. The normalized spacial score (nSPS) is 13.4. The number of halogens is 3. The van der Waals surface area contributed by atoms with Crippen LogP contribution in [0.4, 0.5) is 13.2 Å². The topological polar surface area (TPSA) is 55.4 Å². The molecule has 0 atom stereocenters. The largest absolute Gasteiger partial charge is 0.511 e. The van der Waals surface area contributed by atoms with E-state index in [4.69, 9.17) is 4.74 Å². The average molecular weight is 289 g/mol. The molecule has 108 valence electrons. The second-order valence-corrected chi connectivity index (χ2v) is 6.48. The Hall–Kier alpha value is -0.760. The zero-order valence-corrected chi connectivity index (χ0v) is 11.4. The highest BCUT2D eigenvalue weighted by Crippen LogP contribution is 2.24. The molecule has 0 saturated carbocycles. The predicted octanol–water partition coefficient (Wildman–Crippen LogP) is 2.39. The first-order valence-corrected chi connectivity index (χ1v) is 6.74. The van der Waals surface area contributed by atoms with Gasteiger partial charge in [0.25, 0.3) is 0 Å². The highest BCUT2D eigenvalue weighted by Gasteiger charge is 2.45. The number of rotatable bonds is 6. The fraction of sp³-hybridized carbons (Fsp3) is 0.800. The Bertz CT molecular complexity index is 382. The molecule has 0 aliphatic heterocycles. The summed E-state index contributed by atoms with van der Waals surface area (Å²) >= 11 is 0. The molecular weight excluding hydrogens is 271 g/mol. The minimum Gasteiger partial charge on any atom is -0.498 e. The number of sulfonamides is 1. The van der Waals surface area contributed by atoms with E-state index in [0.29, 0.717) is 5.76 Å². The summed E-state index contributed by atoms with van der Waals surface area (Å²) in [4.78, 5) is 0. The Kier molecular flexibility index (Phi) is 5.67. The molecule has 0 aromatic heterocycles. The van der Waals surface area contributed by atoms with Crippen molar-refractivity contribution in [3.63, 3.8) is 0 Å². The monoisotopic (exact) mass is 289 g/mol. The van der Waals surface area contributed by atoms with Crippen molar-refractivity contribution in [1.82, 2.24) is 4.72 Å². The fourth-order valence-corrected chi connectivity index (χ4v) is 1.35. The van der Waals surface area contributed by atoms with Crippen LogP contribution in [-0.4, -0.2) is 27.1 Å². The van der Waals surface area contributed by atoms with Gasteiger partial charge in [-0.3, -0.25) is 0 Å². The van der Waals surface area contributed by atoms with E-state index in [-0.39, 0.29) is 25.0 Å². The summed E-state index contributed by atoms with van der Waals surface area (Å²) in [6.45, 7) is 9.07. The van der Waals surface area contributed by atoms with Crippen molar-refractivity contribution < 1.29 is 26.3 Å². The molecule has 0 fully saturated rings. The molecule has 0 saturated heterocycles.